The van der Waals surface area contributed by atoms with Crippen molar-refractivity contribution in [1.82, 2.24) is 29.7 Å². The maximum absolute atomic E-state index is 13.2. The third-order valence-electron chi connectivity index (χ3n) is 5.86. The molecule has 2 fully saturated rings. The molecule has 2 N–H and O–H groups in total. The van der Waals surface area contributed by atoms with Crippen LogP contribution in [0, 0.1) is 0 Å². The Hall–Kier alpha value is -3.15. The fourth-order valence-electron chi connectivity index (χ4n) is 4.50. The Bertz CT molecular complexity index is 1120. The molecule has 2 saturated heterocycles. The molecule has 0 radical (unpaired) electrons. The first-order chi connectivity index (χ1) is 14.8. The molecule has 164 valence electrons. The average molecular weight is 434 g/mol. The number of anilines is 2. The predicted octanol–water partition coefficient (Wildman–Crippen LogP) is 2.06. The van der Waals surface area contributed by atoms with Gasteiger partial charge in [0.2, 0.25) is 0 Å². The van der Waals surface area contributed by atoms with Gasteiger partial charge < -0.3 is 15.5 Å². The van der Waals surface area contributed by atoms with Crippen LogP contribution >= 0.6 is 0 Å². The van der Waals surface area contributed by atoms with E-state index in [2.05, 4.69) is 30.7 Å². The van der Waals surface area contributed by atoms with Gasteiger partial charge in [0.25, 0.3) is 5.91 Å². The summed E-state index contributed by atoms with van der Waals surface area (Å²) in [4.78, 5) is 19.8. The van der Waals surface area contributed by atoms with Gasteiger partial charge in [0.15, 0.2) is 11.3 Å². The van der Waals surface area contributed by atoms with E-state index in [-0.39, 0.29) is 5.56 Å². The highest BCUT2D eigenvalue weighted by molar-refractivity contribution is 6.08. The summed E-state index contributed by atoms with van der Waals surface area (Å²) >= 11 is 0. The number of alkyl halides is 3. The van der Waals surface area contributed by atoms with Gasteiger partial charge in [0.05, 0.1) is 11.9 Å². The van der Waals surface area contributed by atoms with Gasteiger partial charge in [-0.15, -0.1) is 0 Å². The highest BCUT2D eigenvalue weighted by Gasteiger charge is 2.38. The van der Waals surface area contributed by atoms with Crippen LogP contribution < -0.4 is 15.5 Å². The van der Waals surface area contributed by atoms with Crippen LogP contribution in [0.1, 0.15) is 35.3 Å². The first-order valence-electron chi connectivity index (χ1n) is 10.1. The second kappa shape index (κ2) is 7.22. The zero-order valence-corrected chi connectivity index (χ0v) is 16.7. The van der Waals surface area contributed by atoms with E-state index in [0.29, 0.717) is 17.7 Å². The number of carbonyl (C=O) groups excluding carboxylic acids is 1. The molecule has 9 nitrogen and oxygen atoms in total. The van der Waals surface area contributed by atoms with Crippen molar-refractivity contribution >= 4 is 23.1 Å². The van der Waals surface area contributed by atoms with Crippen LogP contribution in [0.2, 0.25) is 0 Å². The summed E-state index contributed by atoms with van der Waals surface area (Å²) in [5, 5.41) is 13.3. The first kappa shape index (κ1) is 19.8. The molecule has 5 rings (SSSR count). The zero-order valence-electron chi connectivity index (χ0n) is 16.7. The standard InChI is InChI=1S/C19H21F3N8O/c1-28-10-14(16(27-28)19(20,21)22)25-18(31)13-9-24-29-7-5-15(26-17(13)29)30-11-2-3-12(30)8-23-6-4-11/h5,7,9-12,23H,2-4,6,8H2,1H3,(H,25,31)/t11?,12-/m1/s1. The van der Waals surface area contributed by atoms with Crippen LogP contribution in [0.3, 0.4) is 0 Å². The topological polar surface area (TPSA) is 92.4 Å². The van der Waals surface area contributed by atoms with Crippen molar-refractivity contribution in [3.63, 3.8) is 0 Å². The van der Waals surface area contributed by atoms with Crippen molar-refractivity contribution in [2.24, 2.45) is 7.05 Å². The number of aromatic nitrogens is 5. The summed E-state index contributed by atoms with van der Waals surface area (Å²) in [5.74, 6) is 0.0225. The van der Waals surface area contributed by atoms with Crippen molar-refractivity contribution in [1.29, 1.82) is 0 Å². The fourth-order valence-corrected chi connectivity index (χ4v) is 4.50. The van der Waals surface area contributed by atoms with Gasteiger partial charge >= 0.3 is 6.18 Å². The van der Waals surface area contributed by atoms with Gasteiger partial charge in [-0.1, -0.05) is 0 Å². The molecular weight excluding hydrogens is 413 g/mol. The Morgan fingerprint density at radius 2 is 2.06 bits per heavy atom. The lowest BCUT2D eigenvalue weighted by Gasteiger charge is -2.29. The molecule has 0 aliphatic carbocycles. The number of carbonyl (C=O) groups is 1. The van der Waals surface area contributed by atoms with E-state index >= 15 is 0 Å². The zero-order chi connectivity index (χ0) is 21.8. The second-order valence-electron chi connectivity index (χ2n) is 7.91. The summed E-state index contributed by atoms with van der Waals surface area (Å²) in [5.41, 5.74) is -1.17. The molecule has 2 bridgehead atoms. The number of hydrogen-bond donors (Lipinski definition) is 2. The first-order valence-corrected chi connectivity index (χ1v) is 10.1. The van der Waals surface area contributed by atoms with E-state index in [0.717, 1.165) is 49.0 Å². The number of aryl methyl sites for hydroxylation is 1. The number of rotatable bonds is 3. The molecule has 3 aromatic rings. The summed E-state index contributed by atoms with van der Waals surface area (Å²) in [6.07, 6.45) is 2.63. The lowest BCUT2D eigenvalue weighted by Crippen LogP contribution is -2.38. The van der Waals surface area contributed by atoms with Crippen LogP contribution in [-0.4, -0.2) is 55.5 Å². The predicted molar refractivity (Wildman–Crippen MR) is 106 cm³/mol. The third kappa shape index (κ3) is 3.50. The van der Waals surface area contributed by atoms with Crippen LogP contribution in [-0.2, 0) is 13.2 Å². The van der Waals surface area contributed by atoms with Crippen molar-refractivity contribution < 1.29 is 18.0 Å². The molecule has 3 aromatic heterocycles. The largest absolute Gasteiger partial charge is 0.437 e. The second-order valence-corrected chi connectivity index (χ2v) is 7.91. The van der Waals surface area contributed by atoms with Crippen LogP contribution in [0.25, 0.3) is 5.65 Å². The number of nitrogens with one attached hydrogen (secondary N) is 2. The average Bonchev–Trinajstić information content (AvgIpc) is 3.35. The lowest BCUT2D eigenvalue weighted by molar-refractivity contribution is -0.140. The molecular formula is C19H21F3N8O. The minimum Gasteiger partial charge on any atom is -0.349 e. The SMILES string of the molecule is Cn1cc(NC(=O)c2cnn3ccc(N4C5CCNC[C@H]4CC5)nc23)c(C(F)(F)F)n1. The van der Waals surface area contributed by atoms with E-state index in [1.807, 2.05) is 6.07 Å². The fraction of sp³-hybridized carbons (Fsp3) is 0.474. The Labute approximate surface area is 175 Å². The van der Waals surface area contributed by atoms with Crippen molar-refractivity contribution in [3.05, 3.63) is 35.9 Å². The van der Waals surface area contributed by atoms with Gasteiger partial charge in [-0.3, -0.25) is 9.48 Å². The Balaban J connectivity index is 1.47. The van der Waals surface area contributed by atoms with Gasteiger partial charge in [-0.2, -0.15) is 23.4 Å². The summed E-state index contributed by atoms with van der Waals surface area (Å²) in [7, 11) is 1.36. The summed E-state index contributed by atoms with van der Waals surface area (Å²) in [6.45, 7) is 1.82. The molecule has 12 heteroatoms. The molecule has 0 saturated carbocycles. The monoisotopic (exact) mass is 434 g/mol. The molecule has 0 aromatic carbocycles. The van der Waals surface area contributed by atoms with E-state index in [4.69, 9.17) is 0 Å². The number of fused-ring (bicyclic) bond motifs is 3. The molecule has 2 aliphatic heterocycles. The van der Waals surface area contributed by atoms with E-state index < -0.39 is 23.5 Å². The quantitative estimate of drug-likeness (QED) is 0.656. The number of nitrogens with zero attached hydrogens (tertiary/aromatic N) is 6. The Morgan fingerprint density at radius 3 is 2.87 bits per heavy atom. The number of halogens is 3. The molecule has 0 spiro atoms. The summed E-state index contributed by atoms with van der Waals surface area (Å²) in [6, 6.07) is 2.56. The van der Waals surface area contributed by atoms with Crippen molar-refractivity contribution in [2.45, 2.75) is 37.5 Å². The Kier molecular flexibility index (Phi) is 4.61. The van der Waals surface area contributed by atoms with Gasteiger partial charge in [-0.05, 0) is 31.9 Å². The highest BCUT2D eigenvalue weighted by Crippen LogP contribution is 2.34. The molecule has 2 aliphatic rings. The van der Waals surface area contributed by atoms with E-state index in [9.17, 15) is 18.0 Å². The van der Waals surface area contributed by atoms with Gasteiger partial charge in [0, 0.05) is 38.1 Å². The van der Waals surface area contributed by atoms with Crippen molar-refractivity contribution in [2.75, 3.05) is 23.3 Å². The van der Waals surface area contributed by atoms with Crippen LogP contribution in [0.5, 0.6) is 0 Å². The molecule has 1 unspecified atom stereocenters. The van der Waals surface area contributed by atoms with Crippen LogP contribution in [0.4, 0.5) is 24.7 Å². The normalized spacial score (nSPS) is 21.5. The number of hydrogen-bond acceptors (Lipinski definition) is 6. The smallest absolute Gasteiger partial charge is 0.349 e. The molecule has 1 amide bonds. The molecule has 31 heavy (non-hydrogen) atoms. The lowest BCUT2D eigenvalue weighted by atomic mass is 10.1. The minimum atomic E-state index is -4.68. The molecule has 5 heterocycles. The maximum Gasteiger partial charge on any atom is 0.437 e. The maximum atomic E-state index is 13.2. The van der Waals surface area contributed by atoms with Gasteiger partial charge in [0.1, 0.15) is 11.4 Å². The van der Waals surface area contributed by atoms with E-state index in [1.165, 1.54) is 17.8 Å². The number of amides is 1. The third-order valence-corrected chi connectivity index (χ3v) is 5.86. The van der Waals surface area contributed by atoms with Crippen molar-refractivity contribution in [3.8, 4) is 0 Å². The van der Waals surface area contributed by atoms with E-state index in [1.54, 1.807) is 6.20 Å². The molecule has 2 atom stereocenters. The minimum absolute atomic E-state index is 0.0964. The van der Waals surface area contributed by atoms with Gasteiger partial charge in [-0.25, -0.2) is 9.50 Å². The highest BCUT2D eigenvalue weighted by atomic mass is 19.4. The van der Waals surface area contributed by atoms with Crippen LogP contribution in [0.15, 0.2) is 24.7 Å². The summed E-state index contributed by atoms with van der Waals surface area (Å²) < 4.78 is 42.1. The Morgan fingerprint density at radius 1 is 1.26 bits per heavy atom.